The van der Waals surface area contributed by atoms with Gasteiger partial charge in [-0.1, -0.05) is 74.5 Å². The number of anilines is 1. The minimum atomic E-state index is -0.728. The summed E-state index contributed by atoms with van der Waals surface area (Å²) in [4.78, 5) is 25.8. The topological polar surface area (TPSA) is 67.4 Å². The summed E-state index contributed by atoms with van der Waals surface area (Å²) < 4.78 is 5.95. The molecule has 32 heavy (non-hydrogen) atoms. The molecule has 5 heteroatoms. The minimum Gasteiger partial charge on any atom is -0.481 e. The highest BCUT2D eigenvalue weighted by molar-refractivity contribution is 6.04. The quantitative estimate of drug-likeness (QED) is 0.481. The van der Waals surface area contributed by atoms with Crippen LogP contribution < -0.4 is 15.4 Å². The smallest absolute Gasteiger partial charge is 0.265 e. The molecule has 3 aromatic rings. The molecule has 166 valence electrons. The molecule has 3 rings (SSSR count). The van der Waals surface area contributed by atoms with E-state index in [1.807, 2.05) is 61.5 Å². The molecular formula is C27H30N2O3. The minimum absolute atomic E-state index is 0.165. The van der Waals surface area contributed by atoms with Crippen LogP contribution in [0.2, 0.25) is 0 Å². The van der Waals surface area contributed by atoms with E-state index in [1.54, 1.807) is 31.2 Å². The van der Waals surface area contributed by atoms with Crippen molar-refractivity contribution < 1.29 is 14.3 Å². The molecule has 2 amide bonds. The second kappa shape index (κ2) is 10.6. The molecule has 0 unspecified atom stereocenters. The number of hydrogen-bond acceptors (Lipinski definition) is 3. The molecule has 0 radical (unpaired) electrons. The first-order chi connectivity index (χ1) is 15.4. The van der Waals surface area contributed by atoms with E-state index in [0.29, 0.717) is 17.0 Å². The molecule has 0 aromatic heterocycles. The summed E-state index contributed by atoms with van der Waals surface area (Å²) in [5.74, 6) is 0.390. The van der Waals surface area contributed by atoms with Crippen LogP contribution in [0.3, 0.4) is 0 Å². The SMILES string of the molecule is CC(C)c1ccccc1O[C@@H](C)C(=O)Nc1ccccc1C(=O)N[C@@H](C)c1ccccc1. The van der Waals surface area contributed by atoms with Gasteiger partial charge in [0.1, 0.15) is 5.75 Å². The average molecular weight is 431 g/mol. The first-order valence-corrected chi connectivity index (χ1v) is 10.9. The predicted molar refractivity (Wildman–Crippen MR) is 128 cm³/mol. The Kier molecular flexibility index (Phi) is 7.66. The number of rotatable bonds is 8. The van der Waals surface area contributed by atoms with Gasteiger partial charge < -0.3 is 15.4 Å². The Bertz CT molecular complexity index is 1060. The number of ether oxygens (including phenoxy) is 1. The Morgan fingerprint density at radius 3 is 2.12 bits per heavy atom. The Balaban J connectivity index is 1.70. The van der Waals surface area contributed by atoms with Gasteiger partial charge in [-0.15, -0.1) is 0 Å². The number of carbonyl (C=O) groups is 2. The van der Waals surface area contributed by atoms with Gasteiger partial charge in [0.2, 0.25) is 0 Å². The number of carbonyl (C=O) groups excluding carboxylic acids is 2. The molecule has 2 N–H and O–H groups in total. The highest BCUT2D eigenvalue weighted by Gasteiger charge is 2.20. The van der Waals surface area contributed by atoms with Crippen LogP contribution in [0.25, 0.3) is 0 Å². The summed E-state index contributed by atoms with van der Waals surface area (Å²) in [5, 5.41) is 5.84. The van der Waals surface area contributed by atoms with E-state index in [-0.39, 0.29) is 23.8 Å². The van der Waals surface area contributed by atoms with Crippen molar-refractivity contribution in [1.29, 1.82) is 0 Å². The normalized spacial score (nSPS) is 12.7. The van der Waals surface area contributed by atoms with Crippen molar-refractivity contribution in [2.45, 2.75) is 45.8 Å². The number of hydrogen-bond donors (Lipinski definition) is 2. The van der Waals surface area contributed by atoms with Crippen LogP contribution in [0.4, 0.5) is 5.69 Å². The van der Waals surface area contributed by atoms with Gasteiger partial charge in [0.05, 0.1) is 17.3 Å². The van der Waals surface area contributed by atoms with Crippen molar-refractivity contribution >= 4 is 17.5 Å². The maximum Gasteiger partial charge on any atom is 0.265 e. The highest BCUT2D eigenvalue weighted by Crippen LogP contribution is 2.27. The fourth-order valence-electron chi connectivity index (χ4n) is 3.43. The van der Waals surface area contributed by atoms with E-state index in [2.05, 4.69) is 24.5 Å². The van der Waals surface area contributed by atoms with Gasteiger partial charge in [-0.3, -0.25) is 9.59 Å². The summed E-state index contributed by atoms with van der Waals surface area (Å²) in [5.41, 5.74) is 2.90. The summed E-state index contributed by atoms with van der Waals surface area (Å²) in [6.45, 7) is 7.79. The van der Waals surface area contributed by atoms with Crippen molar-refractivity contribution in [3.8, 4) is 5.75 Å². The van der Waals surface area contributed by atoms with Crippen molar-refractivity contribution in [3.05, 3.63) is 95.6 Å². The molecule has 0 spiro atoms. The summed E-state index contributed by atoms with van der Waals surface area (Å²) in [7, 11) is 0. The van der Waals surface area contributed by atoms with Crippen molar-refractivity contribution in [3.63, 3.8) is 0 Å². The molecule has 0 aliphatic rings. The van der Waals surface area contributed by atoms with E-state index in [1.165, 1.54) is 0 Å². The Morgan fingerprint density at radius 1 is 0.781 bits per heavy atom. The molecule has 0 heterocycles. The molecule has 0 saturated carbocycles. The molecule has 5 nitrogen and oxygen atoms in total. The Labute approximate surface area is 189 Å². The molecule has 3 aromatic carbocycles. The lowest BCUT2D eigenvalue weighted by Gasteiger charge is -2.20. The van der Waals surface area contributed by atoms with Gasteiger partial charge in [0.15, 0.2) is 6.10 Å². The number of para-hydroxylation sites is 2. The second-order valence-electron chi connectivity index (χ2n) is 8.09. The van der Waals surface area contributed by atoms with Crippen LogP contribution in [0, 0.1) is 0 Å². The van der Waals surface area contributed by atoms with Gasteiger partial charge >= 0.3 is 0 Å². The van der Waals surface area contributed by atoms with Crippen LogP contribution in [-0.2, 0) is 4.79 Å². The third-order valence-corrected chi connectivity index (χ3v) is 5.29. The molecule has 2 atom stereocenters. The number of benzene rings is 3. The van der Waals surface area contributed by atoms with Crippen molar-refractivity contribution in [2.24, 2.45) is 0 Å². The van der Waals surface area contributed by atoms with E-state index in [0.717, 1.165) is 11.1 Å². The Morgan fingerprint density at radius 2 is 1.41 bits per heavy atom. The number of nitrogens with one attached hydrogen (secondary N) is 2. The van der Waals surface area contributed by atoms with Crippen molar-refractivity contribution in [1.82, 2.24) is 5.32 Å². The first kappa shape index (κ1) is 23.1. The maximum atomic E-state index is 12.9. The zero-order valence-corrected chi connectivity index (χ0v) is 19.0. The van der Waals surface area contributed by atoms with Gasteiger partial charge in [0, 0.05) is 0 Å². The predicted octanol–water partition coefficient (Wildman–Crippen LogP) is 5.71. The van der Waals surface area contributed by atoms with Gasteiger partial charge in [-0.2, -0.15) is 0 Å². The zero-order chi connectivity index (χ0) is 23.1. The van der Waals surface area contributed by atoms with Crippen LogP contribution in [0.5, 0.6) is 5.75 Å². The zero-order valence-electron chi connectivity index (χ0n) is 19.0. The van der Waals surface area contributed by atoms with Gasteiger partial charge in [-0.25, -0.2) is 0 Å². The molecule has 0 bridgehead atoms. The largest absolute Gasteiger partial charge is 0.481 e. The standard InChI is InChI=1S/C27H30N2O3/c1-18(2)22-14-9-11-17-25(22)32-20(4)26(30)29-24-16-10-8-15-23(24)27(31)28-19(3)21-12-6-5-7-13-21/h5-20H,1-4H3,(H,28,31)(H,29,30)/t19-,20-/m0/s1. The fourth-order valence-corrected chi connectivity index (χ4v) is 3.43. The summed E-state index contributed by atoms with van der Waals surface area (Å²) >= 11 is 0. The lowest BCUT2D eigenvalue weighted by atomic mass is 10.0. The second-order valence-corrected chi connectivity index (χ2v) is 8.09. The van der Waals surface area contributed by atoms with Gasteiger partial charge in [0.25, 0.3) is 11.8 Å². The van der Waals surface area contributed by atoms with E-state index < -0.39 is 6.10 Å². The molecule has 0 aliphatic heterocycles. The molecule has 0 aliphatic carbocycles. The van der Waals surface area contributed by atoms with Crippen LogP contribution in [-0.4, -0.2) is 17.9 Å². The van der Waals surface area contributed by atoms with Crippen LogP contribution >= 0.6 is 0 Å². The van der Waals surface area contributed by atoms with E-state index >= 15 is 0 Å². The van der Waals surface area contributed by atoms with Gasteiger partial charge in [-0.05, 0) is 49.1 Å². The molecule has 0 fully saturated rings. The summed E-state index contributed by atoms with van der Waals surface area (Å²) in [6.07, 6.45) is -0.728. The highest BCUT2D eigenvalue weighted by atomic mass is 16.5. The Hall–Kier alpha value is -3.60. The fraction of sp³-hybridized carbons (Fsp3) is 0.259. The molecule has 0 saturated heterocycles. The van der Waals surface area contributed by atoms with Crippen LogP contribution in [0.15, 0.2) is 78.9 Å². The monoisotopic (exact) mass is 430 g/mol. The first-order valence-electron chi connectivity index (χ1n) is 10.9. The molecular weight excluding hydrogens is 400 g/mol. The third kappa shape index (κ3) is 5.76. The van der Waals surface area contributed by atoms with Crippen LogP contribution in [0.1, 0.15) is 61.1 Å². The maximum absolute atomic E-state index is 12.9. The summed E-state index contributed by atoms with van der Waals surface area (Å²) in [6, 6.07) is 24.3. The lowest BCUT2D eigenvalue weighted by molar-refractivity contribution is -0.122. The average Bonchev–Trinajstić information content (AvgIpc) is 2.80. The number of amides is 2. The van der Waals surface area contributed by atoms with Crippen molar-refractivity contribution in [2.75, 3.05) is 5.32 Å². The lowest BCUT2D eigenvalue weighted by Crippen LogP contribution is -2.32. The van der Waals surface area contributed by atoms with E-state index in [4.69, 9.17) is 4.74 Å². The third-order valence-electron chi connectivity index (χ3n) is 5.29. The van der Waals surface area contributed by atoms with E-state index in [9.17, 15) is 9.59 Å².